The number of amides is 1. The van der Waals surface area contributed by atoms with Crippen molar-refractivity contribution in [1.82, 2.24) is 10.2 Å². The molecule has 0 saturated heterocycles. The molecule has 0 bridgehead atoms. The van der Waals surface area contributed by atoms with E-state index >= 15 is 0 Å². The summed E-state index contributed by atoms with van der Waals surface area (Å²) < 4.78 is 24.7. The summed E-state index contributed by atoms with van der Waals surface area (Å²) in [5.74, 6) is -0.607. The van der Waals surface area contributed by atoms with Gasteiger partial charge in [-0.1, -0.05) is 11.3 Å². The maximum atomic E-state index is 12.3. The number of carbonyl (C=O) groups excluding carboxylic acids is 1. The smallest absolute Gasteiger partial charge is 0.291 e. The second-order valence-corrected chi connectivity index (χ2v) is 4.97. The molecule has 0 spiro atoms. The molecule has 1 amide bonds. The van der Waals surface area contributed by atoms with Crippen molar-refractivity contribution in [2.45, 2.75) is 13.3 Å². The van der Waals surface area contributed by atoms with Gasteiger partial charge >= 0.3 is 0 Å². The number of carbonyl (C=O) groups is 1. The van der Waals surface area contributed by atoms with Gasteiger partial charge < -0.3 is 0 Å². The van der Waals surface area contributed by atoms with Crippen molar-refractivity contribution in [3.8, 4) is 0 Å². The van der Waals surface area contributed by atoms with Crippen LogP contribution in [0.25, 0.3) is 0 Å². The molecule has 0 atom stereocenters. The first-order chi connectivity index (χ1) is 9.88. The third kappa shape index (κ3) is 3.34. The summed E-state index contributed by atoms with van der Waals surface area (Å²) in [5, 5.41) is 19.1. The van der Waals surface area contributed by atoms with E-state index in [4.69, 9.17) is 0 Å². The van der Waals surface area contributed by atoms with Crippen molar-refractivity contribution >= 4 is 28.1 Å². The molecule has 1 heterocycles. The van der Waals surface area contributed by atoms with Gasteiger partial charge in [-0.25, -0.2) is 8.78 Å². The molecule has 0 radical (unpaired) electrons. The number of nitrogens with one attached hydrogen (secondary N) is 1. The summed E-state index contributed by atoms with van der Waals surface area (Å²) in [6.45, 7) is 1.49. The van der Waals surface area contributed by atoms with E-state index in [0.29, 0.717) is 16.9 Å². The van der Waals surface area contributed by atoms with E-state index < -0.39 is 22.3 Å². The van der Waals surface area contributed by atoms with Crippen LogP contribution in [-0.4, -0.2) is 21.0 Å². The van der Waals surface area contributed by atoms with Gasteiger partial charge in [-0.15, -0.1) is 10.2 Å². The minimum Gasteiger partial charge on any atom is -0.296 e. The minimum absolute atomic E-state index is 0.0636. The molecule has 1 N–H and O–H groups in total. The lowest BCUT2D eigenvalue weighted by molar-refractivity contribution is -0.385. The number of rotatable bonds is 4. The predicted molar refractivity (Wildman–Crippen MR) is 70.7 cm³/mol. The first-order valence-corrected chi connectivity index (χ1v) is 6.38. The van der Waals surface area contributed by atoms with Crippen LogP contribution in [0.3, 0.4) is 0 Å². The standard InChI is InChI=1S/C11H8F2N4O3S/c1-5-4-6(2-3-7(5)17(19)20)9(18)14-11-16-15-10(21-11)8(12)13/h2-4,8H,1H3,(H,14,16,18). The van der Waals surface area contributed by atoms with Gasteiger partial charge in [0.1, 0.15) is 0 Å². The Bertz CT molecular complexity index is 705. The zero-order valence-electron chi connectivity index (χ0n) is 10.5. The third-order valence-electron chi connectivity index (χ3n) is 2.50. The summed E-state index contributed by atoms with van der Waals surface area (Å²) in [5.41, 5.74) is 0.368. The van der Waals surface area contributed by atoms with Crippen molar-refractivity contribution in [3.63, 3.8) is 0 Å². The van der Waals surface area contributed by atoms with E-state index in [1.165, 1.54) is 25.1 Å². The second kappa shape index (κ2) is 5.87. The van der Waals surface area contributed by atoms with E-state index in [-0.39, 0.29) is 16.4 Å². The van der Waals surface area contributed by atoms with E-state index in [9.17, 15) is 23.7 Å². The largest absolute Gasteiger partial charge is 0.296 e. The Morgan fingerprint density at radius 2 is 2.14 bits per heavy atom. The zero-order valence-corrected chi connectivity index (χ0v) is 11.4. The summed E-state index contributed by atoms with van der Waals surface area (Å²) in [6.07, 6.45) is -2.75. The van der Waals surface area contributed by atoms with E-state index in [0.717, 1.165) is 0 Å². The van der Waals surface area contributed by atoms with Crippen LogP contribution >= 0.6 is 11.3 Å². The molecule has 0 aliphatic heterocycles. The molecule has 1 aromatic heterocycles. The molecule has 1 aromatic carbocycles. The predicted octanol–water partition coefficient (Wildman–Crippen LogP) is 2.94. The molecule has 7 nitrogen and oxygen atoms in total. The maximum absolute atomic E-state index is 12.3. The molecule has 21 heavy (non-hydrogen) atoms. The van der Waals surface area contributed by atoms with E-state index in [1.807, 2.05) is 0 Å². The molecule has 2 rings (SSSR count). The van der Waals surface area contributed by atoms with E-state index in [1.54, 1.807) is 0 Å². The lowest BCUT2D eigenvalue weighted by Crippen LogP contribution is -2.12. The van der Waals surface area contributed by atoms with Crippen LogP contribution in [0.5, 0.6) is 0 Å². The molecule has 0 aliphatic carbocycles. The van der Waals surface area contributed by atoms with Crippen molar-refractivity contribution in [1.29, 1.82) is 0 Å². The third-order valence-corrected chi connectivity index (χ3v) is 3.35. The number of aryl methyl sites for hydroxylation is 1. The molecule has 0 fully saturated rings. The number of aromatic nitrogens is 2. The Morgan fingerprint density at radius 3 is 2.67 bits per heavy atom. The molecular formula is C11H8F2N4O3S. The molecular weight excluding hydrogens is 306 g/mol. The number of hydrogen-bond donors (Lipinski definition) is 1. The Morgan fingerprint density at radius 1 is 1.43 bits per heavy atom. The lowest BCUT2D eigenvalue weighted by atomic mass is 10.1. The molecule has 0 unspecified atom stereocenters. The molecule has 0 saturated carbocycles. The summed E-state index contributed by atoms with van der Waals surface area (Å²) in [6, 6.07) is 3.81. The lowest BCUT2D eigenvalue weighted by Gasteiger charge is -2.03. The number of nitro benzene ring substituents is 1. The first kappa shape index (κ1) is 14.9. The number of anilines is 1. The highest BCUT2D eigenvalue weighted by molar-refractivity contribution is 7.15. The van der Waals surface area contributed by atoms with Gasteiger partial charge in [0.15, 0.2) is 5.01 Å². The normalized spacial score (nSPS) is 10.7. The summed E-state index contributed by atoms with van der Waals surface area (Å²) in [4.78, 5) is 22.0. The Labute approximate surface area is 120 Å². The molecule has 10 heteroatoms. The van der Waals surface area contributed by atoms with Crippen LogP contribution in [0.1, 0.15) is 27.4 Å². The fourth-order valence-electron chi connectivity index (χ4n) is 1.54. The summed E-state index contributed by atoms with van der Waals surface area (Å²) >= 11 is 0.564. The molecule has 2 aromatic rings. The highest BCUT2D eigenvalue weighted by Crippen LogP contribution is 2.26. The van der Waals surface area contributed by atoms with Gasteiger partial charge in [-0.3, -0.25) is 20.2 Å². The number of halogens is 2. The Balaban J connectivity index is 2.16. The first-order valence-electron chi connectivity index (χ1n) is 5.56. The van der Waals surface area contributed by atoms with Gasteiger partial charge in [0, 0.05) is 17.2 Å². The molecule has 110 valence electrons. The Hall–Kier alpha value is -2.49. The second-order valence-electron chi connectivity index (χ2n) is 3.96. The van der Waals surface area contributed by atoms with Crippen LogP contribution < -0.4 is 5.32 Å². The highest BCUT2D eigenvalue weighted by atomic mass is 32.1. The van der Waals surface area contributed by atoms with Gasteiger partial charge in [-0.2, -0.15) is 0 Å². The quantitative estimate of drug-likeness (QED) is 0.691. The average molecular weight is 314 g/mol. The number of nitro groups is 1. The fourth-order valence-corrected chi connectivity index (χ4v) is 2.14. The van der Waals surface area contributed by atoms with Gasteiger partial charge in [0.05, 0.1) is 4.92 Å². The number of benzene rings is 1. The number of hydrogen-bond acceptors (Lipinski definition) is 6. The van der Waals surface area contributed by atoms with Crippen LogP contribution in [0.4, 0.5) is 19.6 Å². The van der Waals surface area contributed by atoms with Crippen LogP contribution in [0.15, 0.2) is 18.2 Å². The van der Waals surface area contributed by atoms with Gasteiger partial charge in [0.2, 0.25) is 5.13 Å². The van der Waals surface area contributed by atoms with E-state index in [2.05, 4.69) is 15.5 Å². The molecule has 0 aliphatic rings. The van der Waals surface area contributed by atoms with Crippen molar-refractivity contribution in [2.75, 3.05) is 5.32 Å². The number of alkyl halides is 2. The van der Waals surface area contributed by atoms with Crippen LogP contribution in [0.2, 0.25) is 0 Å². The minimum atomic E-state index is -2.75. The topological polar surface area (TPSA) is 98.0 Å². The SMILES string of the molecule is Cc1cc(C(=O)Nc2nnc(C(F)F)s2)ccc1[N+](=O)[O-]. The van der Waals surface area contributed by atoms with Gasteiger partial charge in [0.25, 0.3) is 18.0 Å². The van der Waals surface area contributed by atoms with Crippen molar-refractivity contribution in [2.24, 2.45) is 0 Å². The average Bonchev–Trinajstić information content (AvgIpc) is 2.86. The van der Waals surface area contributed by atoms with Crippen molar-refractivity contribution in [3.05, 3.63) is 44.4 Å². The number of nitrogens with zero attached hydrogens (tertiary/aromatic N) is 3. The van der Waals surface area contributed by atoms with Gasteiger partial charge in [-0.05, 0) is 19.1 Å². The fraction of sp³-hybridized carbons (Fsp3) is 0.182. The summed E-state index contributed by atoms with van der Waals surface area (Å²) in [7, 11) is 0. The zero-order chi connectivity index (χ0) is 15.6. The monoisotopic (exact) mass is 314 g/mol. The maximum Gasteiger partial charge on any atom is 0.291 e. The van der Waals surface area contributed by atoms with Crippen LogP contribution in [0, 0.1) is 17.0 Å². The van der Waals surface area contributed by atoms with Crippen molar-refractivity contribution < 1.29 is 18.5 Å². The Kier molecular flexibility index (Phi) is 4.17. The van der Waals surface area contributed by atoms with Crippen LogP contribution in [-0.2, 0) is 0 Å². The highest BCUT2D eigenvalue weighted by Gasteiger charge is 2.17.